The highest BCUT2D eigenvalue weighted by molar-refractivity contribution is 7.89. The first-order valence-electron chi connectivity index (χ1n) is 8.32. The Bertz CT molecular complexity index is 800. The molecule has 3 rings (SSSR count). The Hall–Kier alpha value is -1.85. The van der Waals surface area contributed by atoms with Crippen LogP contribution in [-0.2, 0) is 10.0 Å². The van der Waals surface area contributed by atoms with Crippen LogP contribution in [0.15, 0.2) is 53.4 Å². The van der Waals surface area contributed by atoms with Crippen LogP contribution in [0.5, 0.6) is 0 Å². The van der Waals surface area contributed by atoms with Crippen molar-refractivity contribution in [3.05, 3.63) is 59.7 Å². The van der Waals surface area contributed by atoms with E-state index in [2.05, 4.69) is 40.8 Å². The predicted molar refractivity (Wildman–Crippen MR) is 97.9 cm³/mol. The second kappa shape index (κ2) is 6.95. The number of benzene rings is 2. The van der Waals surface area contributed by atoms with E-state index in [1.165, 1.54) is 11.3 Å². The van der Waals surface area contributed by atoms with Gasteiger partial charge in [0.2, 0.25) is 10.0 Å². The third kappa shape index (κ3) is 3.97. The fraction of sp³-hybridized carbons (Fsp3) is 0.368. The molecule has 1 atom stereocenters. The molecule has 24 heavy (non-hydrogen) atoms. The molecule has 0 radical (unpaired) electrons. The second-order valence-corrected chi connectivity index (χ2v) is 8.37. The van der Waals surface area contributed by atoms with Crippen molar-refractivity contribution in [3.63, 3.8) is 0 Å². The normalized spacial score (nSPS) is 18.1. The maximum atomic E-state index is 12.4. The molecule has 128 valence electrons. The van der Waals surface area contributed by atoms with E-state index in [0.717, 1.165) is 25.1 Å². The van der Waals surface area contributed by atoms with E-state index >= 15 is 0 Å². The molecule has 5 heteroatoms. The summed E-state index contributed by atoms with van der Waals surface area (Å²) in [4.78, 5) is 2.67. The summed E-state index contributed by atoms with van der Waals surface area (Å²) in [6.45, 7) is 6.38. The Labute approximate surface area is 144 Å². The zero-order valence-electron chi connectivity index (χ0n) is 14.2. The zero-order valence-corrected chi connectivity index (χ0v) is 15.0. The van der Waals surface area contributed by atoms with Crippen molar-refractivity contribution in [3.8, 4) is 0 Å². The summed E-state index contributed by atoms with van der Waals surface area (Å²) >= 11 is 0. The molecule has 0 amide bonds. The first-order valence-corrected chi connectivity index (χ1v) is 9.80. The van der Waals surface area contributed by atoms with Gasteiger partial charge in [0.1, 0.15) is 0 Å². The lowest BCUT2D eigenvalue weighted by molar-refractivity contribution is 0.541. The largest absolute Gasteiger partial charge is 0.371 e. The van der Waals surface area contributed by atoms with E-state index in [1.54, 1.807) is 12.1 Å². The molecule has 1 unspecified atom stereocenters. The fourth-order valence-electron chi connectivity index (χ4n) is 3.09. The standard InChI is InChI=1S/C19H24N2O2S/c1-15-6-8-19(9-7-15)24(22,23)20-13-17-10-11-21(14-17)18-5-3-4-16(2)12-18/h3-9,12,17,20H,10-11,13-14H2,1-2H3. The molecule has 2 aromatic carbocycles. The van der Waals surface area contributed by atoms with Crippen LogP contribution in [0.1, 0.15) is 17.5 Å². The number of rotatable bonds is 5. The van der Waals surface area contributed by atoms with Crippen LogP contribution < -0.4 is 9.62 Å². The highest BCUT2D eigenvalue weighted by Gasteiger charge is 2.24. The molecule has 1 heterocycles. The van der Waals surface area contributed by atoms with Gasteiger partial charge in [-0.05, 0) is 56.0 Å². The van der Waals surface area contributed by atoms with E-state index in [1.807, 2.05) is 19.1 Å². The summed E-state index contributed by atoms with van der Waals surface area (Å²) in [7, 11) is -3.42. The number of nitrogens with one attached hydrogen (secondary N) is 1. The third-order valence-corrected chi connectivity index (χ3v) is 5.99. The Balaban J connectivity index is 1.59. The molecule has 0 aromatic heterocycles. The number of sulfonamides is 1. The number of hydrogen-bond donors (Lipinski definition) is 1. The molecule has 1 saturated heterocycles. The van der Waals surface area contributed by atoms with Crippen molar-refractivity contribution in [1.29, 1.82) is 0 Å². The van der Waals surface area contributed by atoms with Crippen LogP contribution in [0.4, 0.5) is 5.69 Å². The van der Waals surface area contributed by atoms with Gasteiger partial charge in [-0.2, -0.15) is 0 Å². The van der Waals surface area contributed by atoms with Gasteiger partial charge in [0.15, 0.2) is 0 Å². The predicted octanol–water partition coefficient (Wildman–Crippen LogP) is 3.11. The van der Waals surface area contributed by atoms with Crippen LogP contribution in [0.25, 0.3) is 0 Å². The lowest BCUT2D eigenvalue weighted by Gasteiger charge is -2.19. The van der Waals surface area contributed by atoms with Crippen molar-refractivity contribution in [2.24, 2.45) is 5.92 Å². The summed E-state index contributed by atoms with van der Waals surface area (Å²) in [5.74, 6) is 0.339. The van der Waals surface area contributed by atoms with Crippen LogP contribution in [0, 0.1) is 19.8 Å². The number of nitrogens with zero attached hydrogens (tertiary/aromatic N) is 1. The molecule has 1 fully saturated rings. The summed E-state index contributed by atoms with van der Waals surface area (Å²) in [5, 5.41) is 0. The fourth-order valence-corrected chi connectivity index (χ4v) is 4.20. The van der Waals surface area contributed by atoms with E-state index in [4.69, 9.17) is 0 Å². The van der Waals surface area contributed by atoms with Crippen molar-refractivity contribution >= 4 is 15.7 Å². The highest BCUT2D eigenvalue weighted by Crippen LogP contribution is 2.24. The Morgan fingerprint density at radius 3 is 2.54 bits per heavy atom. The van der Waals surface area contributed by atoms with Crippen molar-refractivity contribution in [2.45, 2.75) is 25.2 Å². The van der Waals surface area contributed by atoms with E-state index < -0.39 is 10.0 Å². The van der Waals surface area contributed by atoms with Gasteiger partial charge >= 0.3 is 0 Å². The quantitative estimate of drug-likeness (QED) is 0.907. The van der Waals surface area contributed by atoms with Gasteiger partial charge in [-0.3, -0.25) is 0 Å². The van der Waals surface area contributed by atoms with E-state index in [0.29, 0.717) is 17.4 Å². The van der Waals surface area contributed by atoms with Crippen LogP contribution in [0.3, 0.4) is 0 Å². The molecule has 1 aliphatic rings. The van der Waals surface area contributed by atoms with Gasteiger partial charge in [-0.25, -0.2) is 13.1 Å². The Kier molecular flexibility index (Phi) is 4.92. The average molecular weight is 344 g/mol. The molecule has 1 N–H and O–H groups in total. The molecule has 0 spiro atoms. The first-order chi connectivity index (χ1) is 11.4. The summed E-state index contributed by atoms with van der Waals surface area (Å²) in [6.07, 6.45) is 1.00. The minimum absolute atomic E-state index is 0.335. The maximum absolute atomic E-state index is 12.4. The summed E-state index contributed by atoms with van der Waals surface area (Å²) < 4.78 is 27.5. The molecule has 2 aromatic rings. The molecule has 4 nitrogen and oxygen atoms in total. The molecular weight excluding hydrogens is 320 g/mol. The van der Waals surface area contributed by atoms with Crippen molar-refractivity contribution in [2.75, 3.05) is 24.5 Å². The topological polar surface area (TPSA) is 49.4 Å². The SMILES string of the molecule is Cc1ccc(S(=O)(=O)NCC2CCN(c3cccc(C)c3)C2)cc1. The lowest BCUT2D eigenvalue weighted by atomic mass is 10.1. The number of aryl methyl sites for hydroxylation is 2. The third-order valence-electron chi connectivity index (χ3n) is 4.55. The van der Waals surface area contributed by atoms with E-state index in [-0.39, 0.29) is 0 Å². The van der Waals surface area contributed by atoms with Crippen molar-refractivity contribution in [1.82, 2.24) is 4.72 Å². The monoisotopic (exact) mass is 344 g/mol. The summed E-state index contributed by atoms with van der Waals surface area (Å²) in [5.41, 5.74) is 3.52. The van der Waals surface area contributed by atoms with Gasteiger partial charge in [0.05, 0.1) is 4.90 Å². The summed E-state index contributed by atoms with van der Waals surface area (Å²) in [6, 6.07) is 15.4. The second-order valence-electron chi connectivity index (χ2n) is 6.60. The van der Waals surface area contributed by atoms with Gasteiger partial charge < -0.3 is 4.90 Å². The smallest absolute Gasteiger partial charge is 0.240 e. The van der Waals surface area contributed by atoms with Crippen LogP contribution in [-0.4, -0.2) is 28.1 Å². The minimum atomic E-state index is -3.42. The molecule has 0 saturated carbocycles. The first kappa shape index (κ1) is 17.0. The van der Waals surface area contributed by atoms with Gasteiger partial charge in [0.25, 0.3) is 0 Å². The molecular formula is C19H24N2O2S. The molecule has 1 aliphatic heterocycles. The van der Waals surface area contributed by atoms with Gasteiger partial charge in [-0.1, -0.05) is 29.8 Å². The molecule has 0 aliphatic carbocycles. The van der Waals surface area contributed by atoms with Crippen molar-refractivity contribution < 1.29 is 8.42 Å². The van der Waals surface area contributed by atoms with E-state index in [9.17, 15) is 8.42 Å². The maximum Gasteiger partial charge on any atom is 0.240 e. The Morgan fingerprint density at radius 2 is 1.83 bits per heavy atom. The molecule has 0 bridgehead atoms. The highest BCUT2D eigenvalue weighted by atomic mass is 32.2. The zero-order chi connectivity index (χ0) is 17.2. The van der Waals surface area contributed by atoms with Crippen LogP contribution >= 0.6 is 0 Å². The average Bonchev–Trinajstić information content (AvgIpc) is 3.03. The van der Waals surface area contributed by atoms with Crippen LogP contribution in [0.2, 0.25) is 0 Å². The van der Waals surface area contributed by atoms with Gasteiger partial charge in [-0.15, -0.1) is 0 Å². The van der Waals surface area contributed by atoms with Gasteiger partial charge in [0, 0.05) is 25.3 Å². The number of anilines is 1. The minimum Gasteiger partial charge on any atom is -0.371 e. The lowest BCUT2D eigenvalue weighted by Crippen LogP contribution is -2.31. The number of hydrogen-bond acceptors (Lipinski definition) is 3. The Morgan fingerprint density at radius 1 is 1.08 bits per heavy atom.